The molecule has 1 rings (SSSR count). The molecule has 0 unspecified atom stereocenters. The molecule has 0 saturated carbocycles. The second-order valence-corrected chi connectivity index (χ2v) is 4.40. The molecule has 0 amide bonds. The molecule has 0 saturated heterocycles. The largest absolute Gasteiger partial charge is 1.00 e. The molecular formula is C13H18KNaO4. The average molecular weight is 300 g/mol. The maximum atomic E-state index is 11.3. The summed E-state index contributed by atoms with van der Waals surface area (Å²) in [7, 11) is 0. The van der Waals surface area contributed by atoms with Gasteiger partial charge in [-0.1, -0.05) is 44.2 Å². The van der Waals surface area contributed by atoms with Crippen LogP contribution in [0.3, 0.4) is 0 Å². The number of hydrogen-bond donors (Lipinski definition) is 2. The SMILES string of the molecule is CC(C)C(Cc1ccccc1)(C(=O)O)C(=O)O.[H-].[H-].[K+].[Na+]. The fourth-order valence-electron chi connectivity index (χ4n) is 1.86. The van der Waals surface area contributed by atoms with E-state index in [4.69, 9.17) is 0 Å². The smallest absolute Gasteiger partial charge is 1.00 e. The Balaban J connectivity index is -0.000000361. The number of aliphatic carboxylic acids is 2. The zero-order valence-corrected chi connectivity index (χ0v) is 17.0. The summed E-state index contributed by atoms with van der Waals surface area (Å²) in [4.78, 5) is 22.7. The molecule has 0 fully saturated rings. The van der Waals surface area contributed by atoms with E-state index in [0.29, 0.717) is 5.56 Å². The van der Waals surface area contributed by atoms with Gasteiger partial charge in [-0.3, -0.25) is 9.59 Å². The predicted octanol–water partition coefficient (Wildman–Crippen LogP) is -3.73. The molecule has 0 bridgehead atoms. The molecule has 1 aromatic carbocycles. The molecule has 0 aromatic heterocycles. The molecule has 0 spiro atoms. The normalized spacial score (nSPS) is 10.3. The van der Waals surface area contributed by atoms with Crippen molar-refractivity contribution in [2.75, 3.05) is 0 Å². The number of hydrogen-bond acceptors (Lipinski definition) is 2. The van der Waals surface area contributed by atoms with E-state index in [1.807, 2.05) is 6.07 Å². The van der Waals surface area contributed by atoms with Crippen molar-refractivity contribution in [3.8, 4) is 0 Å². The van der Waals surface area contributed by atoms with Crippen LogP contribution < -0.4 is 80.9 Å². The van der Waals surface area contributed by atoms with Crippen LogP contribution in [-0.2, 0) is 16.0 Å². The summed E-state index contributed by atoms with van der Waals surface area (Å²) in [5, 5.41) is 18.5. The second-order valence-electron chi connectivity index (χ2n) is 4.40. The minimum Gasteiger partial charge on any atom is -1.00 e. The molecule has 0 radical (unpaired) electrons. The van der Waals surface area contributed by atoms with Gasteiger partial charge >= 0.3 is 92.9 Å². The second kappa shape index (κ2) is 9.68. The Kier molecular flexibility index (Phi) is 11.3. The first-order chi connectivity index (χ1) is 7.91. The number of carboxylic acid groups (broad SMARTS) is 2. The molecule has 0 aliphatic carbocycles. The number of carbonyl (C=O) groups is 2. The van der Waals surface area contributed by atoms with Crippen molar-refractivity contribution in [1.82, 2.24) is 0 Å². The summed E-state index contributed by atoms with van der Waals surface area (Å²) in [5.41, 5.74) is -1.05. The molecule has 19 heavy (non-hydrogen) atoms. The van der Waals surface area contributed by atoms with E-state index in [9.17, 15) is 19.8 Å². The number of rotatable bonds is 5. The van der Waals surface area contributed by atoms with Gasteiger partial charge < -0.3 is 13.1 Å². The Morgan fingerprint density at radius 1 is 1.16 bits per heavy atom. The fourth-order valence-corrected chi connectivity index (χ4v) is 1.86. The molecular weight excluding hydrogens is 282 g/mol. The van der Waals surface area contributed by atoms with Gasteiger partial charge in [-0.05, 0) is 17.9 Å². The van der Waals surface area contributed by atoms with Crippen LogP contribution in [0.25, 0.3) is 0 Å². The topological polar surface area (TPSA) is 74.6 Å². The van der Waals surface area contributed by atoms with Crippen LogP contribution in [0, 0.1) is 11.3 Å². The third-order valence-electron chi connectivity index (χ3n) is 3.07. The van der Waals surface area contributed by atoms with E-state index in [0.717, 1.165) is 0 Å². The van der Waals surface area contributed by atoms with Gasteiger partial charge in [0.05, 0.1) is 0 Å². The Morgan fingerprint density at radius 2 is 1.58 bits per heavy atom. The van der Waals surface area contributed by atoms with Crippen LogP contribution in [0.1, 0.15) is 22.3 Å². The maximum Gasteiger partial charge on any atom is 1.00 e. The minimum atomic E-state index is -1.76. The summed E-state index contributed by atoms with van der Waals surface area (Å²) in [6.07, 6.45) is -0.00380. The van der Waals surface area contributed by atoms with Gasteiger partial charge in [-0.25, -0.2) is 0 Å². The van der Waals surface area contributed by atoms with Crippen molar-refractivity contribution >= 4 is 11.9 Å². The first kappa shape index (κ1) is 22.1. The van der Waals surface area contributed by atoms with Gasteiger partial charge in [0.1, 0.15) is 0 Å². The molecule has 0 atom stereocenters. The Morgan fingerprint density at radius 3 is 1.89 bits per heavy atom. The molecule has 0 aliphatic rings. The molecule has 0 heterocycles. The monoisotopic (exact) mass is 300 g/mol. The summed E-state index contributed by atoms with van der Waals surface area (Å²) >= 11 is 0. The van der Waals surface area contributed by atoms with Crippen molar-refractivity contribution in [2.45, 2.75) is 20.3 Å². The first-order valence-electron chi connectivity index (χ1n) is 5.42. The maximum absolute atomic E-state index is 11.3. The van der Waals surface area contributed by atoms with Crippen LogP contribution >= 0.6 is 0 Å². The van der Waals surface area contributed by atoms with Crippen molar-refractivity contribution in [3.05, 3.63) is 35.9 Å². The van der Waals surface area contributed by atoms with Crippen molar-refractivity contribution in [1.29, 1.82) is 0 Å². The van der Waals surface area contributed by atoms with Gasteiger partial charge in [0.15, 0.2) is 5.41 Å². The Hall–Kier alpha value is 0.796. The molecule has 96 valence electrons. The van der Waals surface area contributed by atoms with Gasteiger partial charge in [-0.15, -0.1) is 0 Å². The van der Waals surface area contributed by atoms with Crippen LogP contribution in [0.4, 0.5) is 0 Å². The van der Waals surface area contributed by atoms with E-state index in [-0.39, 0.29) is 90.2 Å². The fraction of sp³-hybridized carbons (Fsp3) is 0.385. The Labute approximate surface area is 180 Å². The zero-order valence-electron chi connectivity index (χ0n) is 13.9. The van der Waals surface area contributed by atoms with Crippen molar-refractivity contribution in [3.63, 3.8) is 0 Å². The van der Waals surface area contributed by atoms with Gasteiger partial charge in [0, 0.05) is 0 Å². The molecule has 1 aromatic rings. The van der Waals surface area contributed by atoms with E-state index in [1.165, 1.54) is 0 Å². The van der Waals surface area contributed by atoms with Crippen LogP contribution in [0.15, 0.2) is 30.3 Å². The number of benzene rings is 1. The quantitative estimate of drug-likeness (QED) is 0.433. The third kappa shape index (κ3) is 5.25. The minimum absolute atomic E-state index is 0. The summed E-state index contributed by atoms with van der Waals surface area (Å²) in [6, 6.07) is 8.82. The van der Waals surface area contributed by atoms with Crippen LogP contribution in [0.5, 0.6) is 0 Å². The third-order valence-corrected chi connectivity index (χ3v) is 3.07. The Bertz CT molecular complexity index is 415. The van der Waals surface area contributed by atoms with Crippen LogP contribution in [0.2, 0.25) is 0 Å². The van der Waals surface area contributed by atoms with Gasteiger partial charge in [0.2, 0.25) is 0 Å². The van der Waals surface area contributed by atoms with E-state index in [1.54, 1.807) is 38.1 Å². The summed E-state index contributed by atoms with van der Waals surface area (Å²) in [6.45, 7) is 3.23. The molecule has 4 nitrogen and oxygen atoms in total. The zero-order chi connectivity index (χ0) is 13.1. The molecule has 2 N–H and O–H groups in total. The molecule has 0 aliphatic heterocycles. The van der Waals surface area contributed by atoms with E-state index >= 15 is 0 Å². The average Bonchev–Trinajstić information content (AvgIpc) is 2.25. The van der Waals surface area contributed by atoms with Crippen molar-refractivity contribution < 1.29 is 104 Å². The van der Waals surface area contributed by atoms with Crippen LogP contribution in [-0.4, -0.2) is 22.2 Å². The van der Waals surface area contributed by atoms with Crippen molar-refractivity contribution in [2.24, 2.45) is 11.3 Å². The van der Waals surface area contributed by atoms with Gasteiger partial charge in [0.25, 0.3) is 0 Å². The first-order valence-corrected chi connectivity index (χ1v) is 5.42. The van der Waals surface area contributed by atoms with E-state index in [2.05, 4.69) is 0 Å². The van der Waals surface area contributed by atoms with Gasteiger partial charge in [-0.2, -0.15) is 0 Å². The predicted molar refractivity (Wildman–Crippen MR) is 64.9 cm³/mol. The standard InChI is InChI=1S/C13H16O4.K.Na.2H/c1-9(2)13(11(14)15,12(16)17)8-10-6-4-3-5-7-10;;;;/h3-7,9H,8H2,1-2H3,(H,14,15)(H,16,17);;;;/q;2*+1;2*-1. The molecule has 6 heteroatoms. The van der Waals surface area contributed by atoms with E-state index < -0.39 is 23.3 Å². The number of carboxylic acids is 2. The summed E-state index contributed by atoms with van der Waals surface area (Å²) < 4.78 is 0. The summed E-state index contributed by atoms with van der Waals surface area (Å²) in [5.74, 6) is -3.06.